The number of fused-ring (bicyclic) bond motifs is 2. The summed E-state index contributed by atoms with van der Waals surface area (Å²) >= 11 is 0. The van der Waals surface area contributed by atoms with Crippen molar-refractivity contribution in [2.75, 3.05) is 0 Å². The van der Waals surface area contributed by atoms with Crippen LogP contribution in [-0.4, -0.2) is 24.2 Å². The molecule has 2 heterocycles. The molecule has 2 aromatic carbocycles. The summed E-state index contributed by atoms with van der Waals surface area (Å²) < 4.78 is 4.02. The summed E-state index contributed by atoms with van der Waals surface area (Å²) in [6, 6.07) is 16.0. The van der Waals surface area contributed by atoms with E-state index in [-0.39, 0.29) is 6.04 Å². The largest absolute Gasteiger partial charge is 0.377 e. The molecule has 0 bridgehead atoms. The zero-order valence-corrected chi connectivity index (χ0v) is 14.0. The van der Waals surface area contributed by atoms with Crippen LogP contribution in [0.25, 0.3) is 22.1 Å². The van der Waals surface area contributed by atoms with Gasteiger partial charge in [-0.15, -0.1) is 0 Å². The van der Waals surface area contributed by atoms with Gasteiger partial charge in [0.25, 0.3) is 0 Å². The molecule has 5 nitrogen and oxygen atoms in total. The summed E-state index contributed by atoms with van der Waals surface area (Å²) in [5.41, 5.74) is 3.79. The van der Waals surface area contributed by atoms with Crippen molar-refractivity contribution >= 4 is 22.1 Å². The molecule has 0 aliphatic rings. The van der Waals surface area contributed by atoms with Gasteiger partial charge in [0, 0.05) is 13.1 Å². The minimum absolute atomic E-state index is 0.191. The highest BCUT2D eigenvalue weighted by atomic mass is 16.3. The average Bonchev–Trinajstić information content (AvgIpc) is 3.13. The molecule has 2 aromatic heterocycles. The first-order valence-corrected chi connectivity index (χ1v) is 8.14. The molecule has 1 N–H and O–H groups in total. The summed E-state index contributed by atoms with van der Waals surface area (Å²) in [5.74, 6) is 1.23. The van der Waals surface area contributed by atoms with E-state index < -0.39 is 6.10 Å². The van der Waals surface area contributed by atoms with Crippen LogP contribution in [-0.2, 0) is 7.05 Å². The second-order valence-electron chi connectivity index (χ2n) is 6.34. The highest BCUT2D eigenvalue weighted by molar-refractivity contribution is 5.77. The first-order valence-electron chi connectivity index (χ1n) is 8.14. The van der Waals surface area contributed by atoms with Crippen LogP contribution in [0.4, 0.5) is 0 Å². The van der Waals surface area contributed by atoms with Gasteiger partial charge >= 0.3 is 0 Å². The van der Waals surface area contributed by atoms with Crippen molar-refractivity contribution in [2.45, 2.75) is 26.0 Å². The van der Waals surface area contributed by atoms with Gasteiger partial charge in [-0.25, -0.2) is 9.97 Å². The van der Waals surface area contributed by atoms with E-state index >= 15 is 0 Å². The van der Waals surface area contributed by atoms with Crippen LogP contribution in [0.2, 0.25) is 0 Å². The number of hydrogen-bond acceptors (Lipinski definition) is 3. The van der Waals surface area contributed by atoms with Gasteiger partial charge in [0.15, 0.2) is 6.10 Å². The maximum atomic E-state index is 11.0. The summed E-state index contributed by atoms with van der Waals surface area (Å²) in [6.07, 6.45) is -0.878. The molecule has 24 heavy (non-hydrogen) atoms. The smallest absolute Gasteiger partial charge is 0.169 e. The van der Waals surface area contributed by atoms with E-state index in [0.29, 0.717) is 11.6 Å². The number of aliphatic hydroxyl groups is 1. The van der Waals surface area contributed by atoms with Gasteiger partial charge in [0.05, 0.1) is 22.1 Å². The SMILES string of the molecule is CC(C)n1c(C(O)c2nc3ccccc3n2C)nc2ccccc21. The van der Waals surface area contributed by atoms with Crippen molar-refractivity contribution in [1.82, 2.24) is 19.1 Å². The van der Waals surface area contributed by atoms with E-state index in [1.165, 1.54) is 0 Å². The molecule has 0 aliphatic heterocycles. The highest BCUT2D eigenvalue weighted by Crippen LogP contribution is 2.29. The molecule has 1 unspecified atom stereocenters. The molecule has 4 rings (SSSR count). The van der Waals surface area contributed by atoms with E-state index in [4.69, 9.17) is 0 Å². The number of benzene rings is 2. The maximum Gasteiger partial charge on any atom is 0.169 e. The fourth-order valence-corrected chi connectivity index (χ4v) is 3.32. The second kappa shape index (κ2) is 5.46. The van der Waals surface area contributed by atoms with E-state index in [0.717, 1.165) is 22.1 Å². The quantitative estimate of drug-likeness (QED) is 0.627. The second-order valence-corrected chi connectivity index (χ2v) is 6.34. The average molecular weight is 320 g/mol. The summed E-state index contributed by atoms with van der Waals surface area (Å²) in [6.45, 7) is 4.19. The summed E-state index contributed by atoms with van der Waals surface area (Å²) in [7, 11) is 1.93. The van der Waals surface area contributed by atoms with Gasteiger partial charge in [-0.3, -0.25) is 0 Å². The number of nitrogens with zero attached hydrogens (tertiary/aromatic N) is 4. The standard InChI is InChI=1S/C19H20N4O/c1-12(2)23-16-11-7-5-9-14(16)21-19(23)17(24)18-20-13-8-4-6-10-15(13)22(18)3/h4-12,17,24H,1-3H3. The Labute approximate surface area is 140 Å². The Morgan fingerprint density at radius 2 is 1.38 bits per heavy atom. The maximum absolute atomic E-state index is 11.0. The number of hydrogen-bond donors (Lipinski definition) is 1. The third-order valence-electron chi connectivity index (χ3n) is 4.45. The van der Waals surface area contributed by atoms with Crippen LogP contribution in [0, 0.1) is 0 Å². The number of rotatable bonds is 3. The Hall–Kier alpha value is -2.66. The Kier molecular flexibility index (Phi) is 3.39. The van der Waals surface area contributed by atoms with E-state index in [9.17, 15) is 5.11 Å². The van der Waals surface area contributed by atoms with Crippen LogP contribution >= 0.6 is 0 Å². The third-order valence-corrected chi connectivity index (χ3v) is 4.45. The van der Waals surface area contributed by atoms with E-state index in [2.05, 4.69) is 28.4 Å². The van der Waals surface area contributed by atoms with Crippen LogP contribution in [0.3, 0.4) is 0 Å². The molecule has 0 spiro atoms. The van der Waals surface area contributed by atoms with Gasteiger partial charge in [0.1, 0.15) is 11.6 Å². The molecule has 0 amide bonds. The fraction of sp³-hybridized carbons (Fsp3) is 0.263. The molecule has 5 heteroatoms. The number of para-hydroxylation sites is 4. The Morgan fingerprint density at radius 3 is 2.00 bits per heavy atom. The van der Waals surface area contributed by atoms with Gasteiger partial charge < -0.3 is 14.2 Å². The third kappa shape index (κ3) is 2.12. The number of imidazole rings is 2. The molecule has 1 atom stereocenters. The lowest BCUT2D eigenvalue weighted by atomic mass is 10.2. The van der Waals surface area contributed by atoms with Gasteiger partial charge in [-0.1, -0.05) is 24.3 Å². The number of aliphatic hydroxyl groups excluding tert-OH is 1. The zero-order valence-electron chi connectivity index (χ0n) is 14.0. The summed E-state index contributed by atoms with van der Waals surface area (Å²) in [5, 5.41) is 11.0. The van der Waals surface area contributed by atoms with E-state index in [1.807, 2.05) is 60.1 Å². The minimum Gasteiger partial charge on any atom is -0.377 e. The van der Waals surface area contributed by atoms with Crippen molar-refractivity contribution in [3.8, 4) is 0 Å². The van der Waals surface area contributed by atoms with Crippen molar-refractivity contribution in [3.63, 3.8) is 0 Å². The van der Waals surface area contributed by atoms with Gasteiger partial charge in [-0.2, -0.15) is 0 Å². The first kappa shape index (κ1) is 14.9. The van der Waals surface area contributed by atoms with Crippen LogP contribution in [0.15, 0.2) is 48.5 Å². The van der Waals surface area contributed by atoms with E-state index in [1.54, 1.807) is 0 Å². The number of aryl methyl sites for hydroxylation is 1. The van der Waals surface area contributed by atoms with Gasteiger partial charge in [0.2, 0.25) is 0 Å². The molecular weight excluding hydrogens is 300 g/mol. The molecular formula is C19H20N4O. The highest BCUT2D eigenvalue weighted by Gasteiger charge is 2.25. The topological polar surface area (TPSA) is 55.9 Å². The molecule has 4 aromatic rings. The zero-order chi connectivity index (χ0) is 16.8. The Morgan fingerprint density at radius 1 is 0.833 bits per heavy atom. The van der Waals surface area contributed by atoms with Crippen molar-refractivity contribution in [1.29, 1.82) is 0 Å². The lowest BCUT2D eigenvalue weighted by Gasteiger charge is -2.16. The van der Waals surface area contributed by atoms with Crippen LogP contribution in [0.5, 0.6) is 0 Å². The molecule has 122 valence electrons. The minimum atomic E-state index is -0.878. The fourth-order valence-electron chi connectivity index (χ4n) is 3.32. The van der Waals surface area contributed by atoms with Crippen LogP contribution in [0.1, 0.15) is 37.6 Å². The van der Waals surface area contributed by atoms with Gasteiger partial charge in [-0.05, 0) is 38.1 Å². The molecule has 0 saturated heterocycles. The van der Waals surface area contributed by atoms with Crippen molar-refractivity contribution in [2.24, 2.45) is 7.05 Å². The molecule has 0 saturated carbocycles. The molecule has 0 aliphatic carbocycles. The lowest BCUT2D eigenvalue weighted by molar-refractivity contribution is 0.190. The molecule has 0 radical (unpaired) electrons. The predicted octanol–water partition coefficient (Wildman–Crippen LogP) is 3.59. The lowest BCUT2D eigenvalue weighted by Crippen LogP contribution is -2.15. The summed E-state index contributed by atoms with van der Waals surface area (Å²) in [4.78, 5) is 9.30. The van der Waals surface area contributed by atoms with Crippen molar-refractivity contribution in [3.05, 3.63) is 60.2 Å². The monoisotopic (exact) mass is 320 g/mol. The first-order chi connectivity index (χ1) is 11.6. The Balaban J connectivity index is 1.93. The van der Waals surface area contributed by atoms with Crippen LogP contribution < -0.4 is 0 Å². The van der Waals surface area contributed by atoms with Crippen molar-refractivity contribution < 1.29 is 5.11 Å². The Bertz CT molecular complexity index is 1030. The number of aromatic nitrogens is 4. The molecule has 0 fully saturated rings. The predicted molar refractivity (Wildman–Crippen MR) is 94.9 cm³/mol. The normalized spacial score (nSPS) is 13.2.